The number of benzene rings is 2. The minimum atomic E-state index is -0.681. The van der Waals surface area contributed by atoms with Gasteiger partial charge in [0, 0.05) is 10.6 Å². The molecule has 0 saturated heterocycles. The zero-order valence-corrected chi connectivity index (χ0v) is 13.3. The number of rotatable bonds is 5. The minimum absolute atomic E-state index is 0.123. The number of primary amides is 1. The van der Waals surface area contributed by atoms with Gasteiger partial charge in [-0.15, -0.1) is 0 Å². The van der Waals surface area contributed by atoms with Crippen LogP contribution < -0.4 is 19.9 Å². The van der Waals surface area contributed by atoms with E-state index in [0.717, 1.165) is 0 Å². The van der Waals surface area contributed by atoms with Crippen LogP contribution in [0.3, 0.4) is 0 Å². The Morgan fingerprint density at radius 2 is 1.83 bits per heavy atom. The van der Waals surface area contributed by atoms with Crippen molar-refractivity contribution >= 4 is 23.3 Å². The van der Waals surface area contributed by atoms with E-state index in [1.807, 2.05) is 0 Å². The van der Waals surface area contributed by atoms with Gasteiger partial charge in [-0.25, -0.2) is 0 Å². The summed E-state index contributed by atoms with van der Waals surface area (Å²) >= 11 is 5.83. The van der Waals surface area contributed by atoms with Crippen LogP contribution in [0.1, 0.15) is 20.7 Å². The lowest BCUT2D eigenvalue weighted by atomic mass is 10.1. The Morgan fingerprint density at radius 1 is 1.08 bits per heavy atom. The van der Waals surface area contributed by atoms with Gasteiger partial charge >= 0.3 is 0 Å². The molecule has 3 rings (SSSR count). The van der Waals surface area contributed by atoms with E-state index in [9.17, 15) is 9.59 Å². The maximum atomic E-state index is 12.3. The first kappa shape index (κ1) is 16.1. The van der Waals surface area contributed by atoms with E-state index in [0.29, 0.717) is 35.3 Å². The van der Waals surface area contributed by atoms with Crippen molar-refractivity contribution in [2.75, 3.05) is 19.8 Å². The zero-order chi connectivity index (χ0) is 17.1. The number of ether oxygens (including phenoxy) is 3. The van der Waals surface area contributed by atoms with Gasteiger partial charge in [-0.2, -0.15) is 0 Å². The van der Waals surface area contributed by atoms with Crippen LogP contribution >= 0.6 is 11.6 Å². The van der Waals surface area contributed by atoms with Crippen molar-refractivity contribution in [1.82, 2.24) is 0 Å². The lowest BCUT2D eigenvalue weighted by molar-refractivity contribution is 0.0911. The normalized spacial score (nSPS) is 12.5. The monoisotopic (exact) mass is 347 g/mol. The maximum absolute atomic E-state index is 12.3. The maximum Gasteiger partial charge on any atom is 0.252 e. The first-order valence-electron chi connectivity index (χ1n) is 7.19. The molecule has 0 aromatic heterocycles. The van der Waals surface area contributed by atoms with Crippen LogP contribution in [-0.2, 0) is 0 Å². The van der Waals surface area contributed by atoms with E-state index < -0.39 is 5.91 Å². The van der Waals surface area contributed by atoms with Gasteiger partial charge in [-0.1, -0.05) is 11.6 Å². The average molecular weight is 348 g/mol. The Labute approximate surface area is 143 Å². The van der Waals surface area contributed by atoms with E-state index in [4.69, 9.17) is 31.5 Å². The molecular weight excluding hydrogens is 334 g/mol. The predicted octanol–water partition coefficient (Wildman–Crippen LogP) is 2.47. The lowest BCUT2D eigenvalue weighted by Gasteiger charge is -2.18. The Morgan fingerprint density at radius 3 is 2.58 bits per heavy atom. The van der Waals surface area contributed by atoms with Gasteiger partial charge < -0.3 is 19.9 Å². The Kier molecular flexibility index (Phi) is 4.57. The van der Waals surface area contributed by atoms with Crippen molar-refractivity contribution in [2.24, 2.45) is 5.73 Å². The molecule has 2 aromatic carbocycles. The smallest absolute Gasteiger partial charge is 0.252 e. The number of amides is 1. The topological polar surface area (TPSA) is 87.9 Å². The number of nitrogens with two attached hydrogens (primary N) is 1. The fraction of sp³-hybridized carbons (Fsp3) is 0.176. The van der Waals surface area contributed by atoms with Crippen LogP contribution in [0.5, 0.6) is 17.2 Å². The zero-order valence-electron chi connectivity index (χ0n) is 12.6. The van der Waals surface area contributed by atoms with Crippen LogP contribution in [0, 0.1) is 0 Å². The third-order valence-electron chi connectivity index (χ3n) is 3.43. The predicted molar refractivity (Wildman–Crippen MR) is 87.2 cm³/mol. The van der Waals surface area contributed by atoms with Gasteiger partial charge in [0.05, 0.1) is 5.56 Å². The standard InChI is InChI=1S/C17H14ClNO5/c18-11-2-4-14(12(8-11)17(19)21)24-9-13(20)10-1-3-15-16(7-10)23-6-5-22-15/h1-4,7-8H,5-6,9H2,(H2,19,21). The second-order valence-electron chi connectivity index (χ2n) is 5.08. The van der Waals surface area contributed by atoms with Crippen LogP contribution in [-0.4, -0.2) is 31.5 Å². The molecule has 0 unspecified atom stereocenters. The molecular formula is C17H14ClNO5. The van der Waals surface area contributed by atoms with Crippen LogP contribution in [0.4, 0.5) is 0 Å². The fourth-order valence-corrected chi connectivity index (χ4v) is 2.44. The van der Waals surface area contributed by atoms with Crippen LogP contribution in [0.15, 0.2) is 36.4 Å². The minimum Gasteiger partial charge on any atom is -0.486 e. The van der Waals surface area contributed by atoms with Crippen molar-refractivity contribution in [3.63, 3.8) is 0 Å². The SMILES string of the molecule is NC(=O)c1cc(Cl)ccc1OCC(=O)c1ccc2c(c1)OCCO2. The van der Waals surface area contributed by atoms with E-state index in [-0.39, 0.29) is 23.7 Å². The molecule has 0 spiro atoms. The fourth-order valence-electron chi connectivity index (χ4n) is 2.26. The average Bonchev–Trinajstić information content (AvgIpc) is 2.59. The molecule has 0 atom stereocenters. The highest BCUT2D eigenvalue weighted by molar-refractivity contribution is 6.31. The highest BCUT2D eigenvalue weighted by Gasteiger charge is 2.16. The second kappa shape index (κ2) is 6.80. The van der Waals surface area contributed by atoms with Crippen molar-refractivity contribution in [3.8, 4) is 17.2 Å². The molecule has 124 valence electrons. The highest BCUT2D eigenvalue weighted by atomic mass is 35.5. The van der Waals surface area contributed by atoms with Crippen molar-refractivity contribution < 1.29 is 23.8 Å². The summed E-state index contributed by atoms with van der Waals surface area (Å²) in [6, 6.07) is 9.37. The Balaban J connectivity index is 1.73. The number of ketones is 1. The van der Waals surface area contributed by atoms with Gasteiger partial charge in [0.1, 0.15) is 19.0 Å². The summed E-state index contributed by atoms with van der Waals surface area (Å²) in [4.78, 5) is 23.7. The third-order valence-corrected chi connectivity index (χ3v) is 3.67. The van der Waals surface area contributed by atoms with Crippen LogP contribution in [0.2, 0.25) is 5.02 Å². The molecule has 0 saturated carbocycles. The van der Waals surface area contributed by atoms with Crippen LogP contribution in [0.25, 0.3) is 0 Å². The van der Waals surface area contributed by atoms with Crippen molar-refractivity contribution in [1.29, 1.82) is 0 Å². The van der Waals surface area contributed by atoms with E-state index in [1.165, 1.54) is 12.1 Å². The number of carbonyl (C=O) groups excluding carboxylic acids is 2. The van der Waals surface area contributed by atoms with Crippen molar-refractivity contribution in [3.05, 3.63) is 52.5 Å². The molecule has 1 aliphatic heterocycles. The van der Waals surface area contributed by atoms with Gasteiger partial charge in [-0.05, 0) is 36.4 Å². The molecule has 1 amide bonds. The number of hydrogen-bond donors (Lipinski definition) is 1. The summed E-state index contributed by atoms with van der Waals surface area (Å²) in [6.45, 7) is 0.672. The number of fused-ring (bicyclic) bond motifs is 1. The van der Waals surface area contributed by atoms with Gasteiger partial charge in [-0.3, -0.25) is 9.59 Å². The molecule has 1 heterocycles. The van der Waals surface area contributed by atoms with E-state index in [1.54, 1.807) is 24.3 Å². The summed E-state index contributed by atoms with van der Waals surface area (Å²) < 4.78 is 16.3. The lowest BCUT2D eigenvalue weighted by Crippen LogP contribution is -2.18. The third kappa shape index (κ3) is 3.44. The first-order chi connectivity index (χ1) is 11.5. The quantitative estimate of drug-likeness (QED) is 0.839. The summed E-state index contributed by atoms with van der Waals surface area (Å²) in [5.74, 6) is 0.387. The van der Waals surface area contributed by atoms with E-state index in [2.05, 4.69) is 0 Å². The van der Waals surface area contributed by atoms with Gasteiger partial charge in [0.2, 0.25) is 0 Å². The number of hydrogen-bond acceptors (Lipinski definition) is 5. The van der Waals surface area contributed by atoms with E-state index >= 15 is 0 Å². The molecule has 0 fully saturated rings. The van der Waals surface area contributed by atoms with Crippen molar-refractivity contribution in [2.45, 2.75) is 0 Å². The molecule has 2 N–H and O–H groups in total. The summed E-state index contributed by atoms with van der Waals surface area (Å²) in [6.07, 6.45) is 0. The first-order valence-corrected chi connectivity index (χ1v) is 7.57. The van der Waals surface area contributed by atoms with Gasteiger partial charge in [0.25, 0.3) is 5.91 Å². The summed E-state index contributed by atoms with van der Waals surface area (Å²) in [5, 5.41) is 0.356. The number of Topliss-reactive ketones (excluding diaryl/α,β-unsaturated/α-hetero) is 1. The number of halogens is 1. The Bertz CT molecular complexity index is 806. The largest absolute Gasteiger partial charge is 0.486 e. The van der Waals surface area contributed by atoms with Gasteiger partial charge in [0.15, 0.2) is 23.9 Å². The molecule has 7 heteroatoms. The molecule has 2 aromatic rings. The second-order valence-corrected chi connectivity index (χ2v) is 5.51. The number of carbonyl (C=O) groups is 2. The Hall–Kier alpha value is -2.73. The summed E-state index contributed by atoms with van der Waals surface area (Å²) in [7, 11) is 0. The highest BCUT2D eigenvalue weighted by Crippen LogP contribution is 2.31. The molecule has 0 aliphatic carbocycles. The molecule has 24 heavy (non-hydrogen) atoms. The molecule has 0 radical (unpaired) electrons. The molecule has 1 aliphatic rings. The molecule has 0 bridgehead atoms. The summed E-state index contributed by atoms with van der Waals surface area (Å²) in [5.41, 5.74) is 5.83. The molecule has 6 nitrogen and oxygen atoms in total.